The van der Waals surface area contributed by atoms with Crippen LogP contribution in [0.5, 0.6) is 0 Å². The van der Waals surface area contributed by atoms with Crippen molar-refractivity contribution in [3.63, 3.8) is 0 Å². The van der Waals surface area contributed by atoms with Crippen LogP contribution < -0.4 is 15.5 Å². The zero-order valence-corrected chi connectivity index (χ0v) is 10.4. The first-order valence-electron chi connectivity index (χ1n) is 4.96. The largest absolute Gasteiger partial charge is 0.403 e. The molecule has 0 aromatic carbocycles. The van der Waals surface area contributed by atoms with E-state index < -0.39 is 0 Å². The summed E-state index contributed by atoms with van der Waals surface area (Å²) in [4.78, 5) is 0. The van der Waals surface area contributed by atoms with Gasteiger partial charge in [-0.25, -0.2) is 0 Å². The minimum absolute atomic E-state index is 1.10. The van der Waals surface area contributed by atoms with Gasteiger partial charge in [0.05, 0.1) is 0 Å². The molecule has 0 aliphatic heterocycles. The second-order valence-electron chi connectivity index (χ2n) is 1.81. The predicted octanol–water partition coefficient (Wildman–Crippen LogP) is 2.46. The summed E-state index contributed by atoms with van der Waals surface area (Å²) >= 11 is 1.63. The number of nitrogens with two attached hydrogens (primary N) is 1. The third-order valence-corrected chi connectivity index (χ3v) is 2.07. The van der Waals surface area contributed by atoms with Crippen molar-refractivity contribution in [2.75, 3.05) is 0 Å². The molecule has 1 nitrogen and oxygen atoms in total. The Morgan fingerprint density at radius 2 is 1.86 bits per heavy atom. The summed E-state index contributed by atoms with van der Waals surface area (Å²) in [5.41, 5.74) is 5.36. The highest BCUT2D eigenvalue weighted by molar-refractivity contribution is 7.07. The standard InChI is InChI=1S/C8H9NS.2C2H6/c1-2-3-7-4-5-10-8(7)6-9;2*1-2/h2-6H,1,9H2;2*1-2H3/b7-3-,8-6+;;. The first kappa shape index (κ1) is 15.5. The van der Waals surface area contributed by atoms with E-state index in [1.54, 1.807) is 23.6 Å². The zero-order valence-electron chi connectivity index (χ0n) is 9.58. The Morgan fingerprint density at radius 1 is 1.29 bits per heavy atom. The lowest BCUT2D eigenvalue weighted by atomic mass is 10.4. The fourth-order valence-electron chi connectivity index (χ4n) is 0.731. The highest BCUT2D eigenvalue weighted by atomic mass is 32.1. The number of allylic oxidation sites excluding steroid dienone is 1. The maximum absolute atomic E-state index is 5.36. The normalized spacial score (nSPS) is 10.9. The Labute approximate surface area is 91.3 Å². The highest BCUT2D eigenvalue weighted by Gasteiger charge is 1.81. The fourth-order valence-corrected chi connectivity index (χ4v) is 1.44. The third-order valence-electron chi connectivity index (χ3n) is 1.18. The maximum Gasteiger partial charge on any atom is 0.0497 e. The number of rotatable bonds is 1. The van der Waals surface area contributed by atoms with E-state index in [-0.39, 0.29) is 0 Å². The Balaban J connectivity index is 0. The van der Waals surface area contributed by atoms with Crippen LogP contribution in [-0.4, -0.2) is 0 Å². The molecule has 0 bridgehead atoms. The molecule has 0 aliphatic rings. The quantitative estimate of drug-likeness (QED) is 0.759. The minimum atomic E-state index is 1.10. The van der Waals surface area contributed by atoms with E-state index in [2.05, 4.69) is 6.58 Å². The molecule has 2 heteroatoms. The first-order valence-corrected chi connectivity index (χ1v) is 5.84. The van der Waals surface area contributed by atoms with E-state index in [9.17, 15) is 0 Å². The van der Waals surface area contributed by atoms with Gasteiger partial charge in [0.15, 0.2) is 0 Å². The van der Waals surface area contributed by atoms with Gasteiger partial charge in [0.1, 0.15) is 0 Å². The van der Waals surface area contributed by atoms with Gasteiger partial charge in [0, 0.05) is 10.7 Å². The molecule has 0 aliphatic carbocycles. The number of hydrogen-bond acceptors (Lipinski definition) is 2. The summed E-state index contributed by atoms with van der Waals surface area (Å²) in [6.07, 6.45) is 5.31. The van der Waals surface area contributed by atoms with Gasteiger partial charge in [-0.3, -0.25) is 0 Å². The van der Waals surface area contributed by atoms with Gasteiger partial charge in [0.2, 0.25) is 0 Å². The lowest BCUT2D eigenvalue weighted by Gasteiger charge is -1.73. The molecule has 0 spiro atoms. The molecule has 1 heterocycles. The third kappa shape index (κ3) is 5.60. The Morgan fingerprint density at radius 3 is 2.29 bits per heavy atom. The Kier molecular flexibility index (Phi) is 13.2. The molecule has 1 aromatic rings. The van der Waals surface area contributed by atoms with Crippen molar-refractivity contribution in [3.8, 4) is 0 Å². The molecule has 0 atom stereocenters. The molecule has 1 aromatic heterocycles. The minimum Gasteiger partial charge on any atom is -0.403 e. The molecule has 0 unspecified atom stereocenters. The molecule has 1 rings (SSSR count). The summed E-state index contributed by atoms with van der Waals surface area (Å²) in [7, 11) is 0. The van der Waals surface area contributed by atoms with Gasteiger partial charge in [-0.05, 0) is 16.7 Å². The van der Waals surface area contributed by atoms with Gasteiger partial charge in [0.25, 0.3) is 0 Å². The van der Waals surface area contributed by atoms with Crippen LogP contribution in [-0.2, 0) is 0 Å². The van der Waals surface area contributed by atoms with Gasteiger partial charge >= 0.3 is 0 Å². The van der Waals surface area contributed by atoms with Gasteiger partial charge in [-0.1, -0.05) is 46.4 Å². The smallest absolute Gasteiger partial charge is 0.0497 e. The van der Waals surface area contributed by atoms with Crippen molar-refractivity contribution in [2.24, 2.45) is 5.73 Å². The summed E-state index contributed by atoms with van der Waals surface area (Å²) in [6.45, 7) is 11.6. The van der Waals surface area contributed by atoms with Crippen LogP contribution in [0.25, 0.3) is 12.3 Å². The monoisotopic (exact) mass is 211 g/mol. The van der Waals surface area contributed by atoms with Gasteiger partial charge in [-0.15, -0.1) is 11.3 Å². The second kappa shape index (κ2) is 12.0. The van der Waals surface area contributed by atoms with E-state index in [1.165, 1.54) is 0 Å². The van der Waals surface area contributed by atoms with Crippen molar-refractivity contribution in [1.82, 2.24) is 0 Å². The van der Waals surface area contributed by atoms with Crippen LogP contribution in [0.2, 0.25) is 0 Å². The molecule has 0 fully saturated rings. The molecule has 0 amide bonds. The average molecular weight is 211 g/mol. The highest BCUT2D eigenvalue weighted by Crippen LogP contribution is 1.79. The average Bonchev–Trinajstić information content (AvgIpc) is 2.72. The molecule has 2 N–H and O–H groups in total. The topological polar surface area (TPSA) is 26.0 Å². The molecule has 80 valence electrons. The first-order chi connectivity index (χ1) is 6.88. The van der Waals surface area contributed by atoms with Crippen LogP contribution in [0.15, 0.2) is 24.1 Å². The van der Waals surface area contributed by atoms with Crippen LogP contribution in [0.1, 0.15) is 27.7 Å². The summed E-state index contributed by atoms with van der Waals surface area (Å²) in [5.74, 6) is 0. The van der Waals surface area contributed by atoms with Crippen molar-refractivity contribution >= 4 is 23.6 Å². The lowest BCUT2D eigenvalue weighted by molar-refractivity contribution is 1.50. The van der Waals surface area contributed by atoms with E-state index in [0.29, 0.717) is 0 Å². The van der Waals surface area contributed by atoms with E-state index in [4.69, 9.17) is 5.73 Å². The predicted molar refractivity (Wildman–Crippen MR) is 69.6 cm³/mol. The molecule has 0 saturated heterocycles. The molecular formula is C12H21NS. The SMILES string of the molecule is C=C/C=c1/ccs/c1=C/N.CC.CC. The Hall–Kier alpha value is -1.02. The number of thiophene rings is 1. The molecule has 0 radical (unpaired) electrons. The molecule has 0 saturated carbocycles. The van der Waals surface area contributed by atoms with Crippen molar-refractivity contribution in [2.45, 2.75) is 27.7 Å². The van der Waals surface area contributed by atoms with E-state index in [1.807, 2.05) is 45.2 Å². The summed E-state index contributed by atoms with van der Waals surface area (Å²) in [6, 6.07) is 2.02. The van der Waals surface area contributed by atoms with Crippen LogP contribution in [0, 0.1) is 0 Å². The van der Waals surface area contributed by atoms with Crippen LogP contribution >= 0.6 is 11.3 Å². The molecular weight excluding hydrogens is 190 g/mol. The summed E-state index contributed by atoms with van der Waals surface area (Å²) in [5, 5.41) is 3.15. The maximum atomic E-state index is 5.36. The van der Waals surface area contributed by atoms with Crippen molar-refractivity contribution in [3.05, 3.63) is 33.9 Å². The van der Waals surface area contributed by atoms with Crippen molar-refractivity contribution in [1.29, 1.82) is 0 Å². The molecule has 14 heavy (non-hydrogen) atoms. The number of hydrogen-bond donors (Lipinski definition) is 1. The second-order valence-corrected chi connectivity index (χ2v) is 2.76. The summed E-state index contributed by atoms with van der Waals surface area (Å²) < 4.78 is 1.10. The van der Waals surface area contributed by atoms with Gasteiger partial charge in [-0.2, -0.15) is 0 Å². The zero-order chi connectivity index (χ0) is 11.4. The van der Waals surface area contributed by atoms with Crippen molar-refractivity contribution < 1.29 is 0 Å². The Bertz CT molecular complexity index is 322. The van der Waals surface area contributed by atoms with E-state index >= 15 is 0 Å². The fraction of sp³-hybridized carbons (Fsp3) is 0.333. The van der Waals surface area contributed by atoms with Crippen LogP contribution in [0.3, 0.4) is 0 Å². The van der Waals surface area contributed by atoms with Crippen LogP contribution in [0.4, 0.5) is 0 Å². The van der Waals surface area contributed by atoms with Gasteiger partial charge < -0.3 is 5.73 Å². The lowest BCUT2D eigenvalue weighted by Crippen LogP contribution is -2.18. The van der Waals surface area contributed by atoms with E-state index in [0.717, 1.165) is 9.75 Å².